The van der Waals surface area contributed by atoms with Crippen LogP contribution in [0.1, 0.15) is 37.8 Å². The molecule has 5 heteroatoms. The summed E-state index contributed by atoms with van der Waals surface area (Å²) < 4.78 is 39.6. The summed E-state index contributed by atoms with van der Waals surface area (Å²) in [6, 6.07) is 4.57. The second-order valence-electron chi connectivity index (χ2n) is 4.73. The van der Waals surface area contributed by atoms with E-state index in [0.29, 0.717) is 6.42 Å². The van der Waals surface area contributed by atoms with Gasteiger partial charge >= 0.3 is 6.18 Å². The molecule has 0 aliphatic carbocycles. The Kier molecular flexibility index (Phi) is 4.98. The van der Waals surface area contributed by atoms with E-state index in [1.165, 1.54) is 25.1 Å². The van der Waals surface area contributed by atoms with Gasteiger partial charge in [0, 0.05) is 6.04 Å². The zero-order valence-electron chi connectivity index (χ0n) is 11.2. The van der Waals surface area contributed by atoms with Gasteiger partial charge in [0.15, 0.2) is 0 Å². The second kappa shape index (κ2) is 5.92. The zero-order valence-corrected chi connectivity index (χ0v) is 11.2. The molecule has 0 radical (unpaired) electrons. The van der Waals surface area contributed by atoms with Gasteiger partial charge in [-0.1, -0.05) is 44.5 Å². The maximum Gasteiger partial charge on any atom is 0.422 e. The Bertz CT molecular complexity index is 419. The van der Waals surface area contributed by atoms with Gasteiger partial charge in [-0.25, -0.2) is 0 Å². The van der Waals surface area contributed by atoms with E-state index in [1.807, 2.05) is 6.92 Å². The Morgan fingerprint density at radius 2 is 1.89 bits per heavy atom. The highest BCUT2D eigenvalue weighted by molar-refractivity contribution is 5.31. The van der Waals surface area contributed by atoms with Crippen LogP contribution in [0.3, 0.4) is 0 Å². The number of benzene rings is 1. The predicted octanol–water partition coefficient (Wildman–Crippen LogP) is 3.13. The molecule has 1 aromatic rings. The maximum atomic E-state index is 13.2. The lowest BCUT2D eigenvalue weighted by atomic mass is 9.83. The largest absolute Gasteiger partial charge is 0.422 e. The number of alkyl halides is 3. The van der Waals surface area contributed by atoms with Gasteiger partial charge in [-0.3, -0.25) is 0 Å². The number of hydrogen-bond donors (Lipinski definition) is 2. The van der Waals surface area contributed by atoms with Gasteiger partial charge in [-0.15, -0.1) is 0 Å². The third-order valence-corrected chi connectivity index (χ3v) is 3.31. The Balaban J connectivity index is 3.29. The van der Waals surface area contributed by atoms with E-state index in [-0.39, 0.29) is 12.0 Å². The summed E-state index contributed by atoms with van der Waals surface area (Å²) in [4.78, 5) is 0. The molecule has 0 amide bonds. The van der Waals surface area contributed by atoms with E-state index in [2.05, 4.69) is 0 Å². The first-order valence-electron chi connectivity index (χ1n) is 6.41. The molecule has 0 aliphatic heterocycles. The van der Waals surface area contributed by atoms with Crippen molar-refractivity contribution in [3.63, 3.8) is 0 Å². The van der Waals surface area contributed by atoms with Gasteiger partial charge < -0.3 is 10.8 Å². The van der Waals surface area contributed by atoms with Crippen molar-refractivity contribution in [2.75, 3.05) is 0 Å². The van der Waals surface area contributed by atoms with Crippen LogP contribution < -0.4 is 5.73 Å². The molecule has 0 aliphatic rings. The molecule has 19 heavy (non-hydrogen) atoms. The zero-order chi connectivity index (χ0) is 14.7. The predicted molar refractivity (Wildman–Crippen MR) is 68.7 cm³/mol. The van der Waals surface area contributed by atoms with E-state index in [0.717, 1.165) is 12.0 Å². The number of halogens is 3. The second-order valence-corrected chi connectivity index (χ2v) is 4.73. The lowest BCUT2D eigenvalue weighted by Gasteiger charge is -2.35. The molecule has 2 atom stereocenters. The molecule has 0 saturated heterocycles. The van der Waals surface area contributed by atoms with Crippen LogP contribution in [0, 0.1) is 0 Å². The van der Waals surface area contributed by atoms with E-state index < -0.39 is 17.8 Å². The van der Waals surface area contributed by atoms with Crippen LogP contribution in [0.4, 0.5) is 13.2 Å². The average molecular weight is 275 g/mol. The number of aliphatic hydroxyl groups is 1. The lowest BCUT2D eigenvalue weighted by molar-refractivity contribution is -0.274. The first-order chi connectivity index (χ1) is 8.77. The van der Waals surface area contributed by atoms with Crippen molar-refractivity contribution in [1.82, 2.24) is 0 Å². The molecule has 0 saturated carbocycles. The fraction of sp³-hybridized carbons (Fsp3) is 0.571. The van der Waals surface area contributed by atoms with Crippen molar-refractivity contribution in [3.8, 4) is 0 Å². The minimum atomic E-state index is -4.80. The Hall–Kier alpha value is -1.07. The van der Waals surface area contributed by atoms with Crippen molar-refractivity contribution >= 4 is 0 Å². The first kappa shape index (κ1) is 16.0. The summed E-state index contributed by atoms with van der Waals surface area (Å²) in [5.41, 5.74) is 3.12. The van der Waals surface area contributed by atoms with Gasteiger partial charge in [-0.05, 0) is 24.0 Å². The highest BCUT2D eigenvalue weighted by Crippen LogP contribution is 2.42. The molecule has 1 aromatic carbocycles. The van der Waals surface area contributed by atoms with Crippen LogP contribution >= 0.6 is 0 Å². The van der Waals surface area contributed by atoms with Crippen LogP contribution in [-0.2, 0) is 12.0 Å². The SMILES string of the molecule is CCCc1cccc(C(O)(C(N)CC)C(F)(F)F)c1. The number of hydrogen-bond acceptors (Lipinski definition) is 2. The van der Waals surface area contributed by atoms with Gasteiger partial charge in [0.05, 0.1) is 0 Å². The van der Waals surface area contributed by atoms with Crippen LogP contribution in [0.5, 0.6) is 0 Å². The van der Waals surface area contributed by atoms with Gasteiger partial charge in [0.25, 0.3) is 0 Å². The van der Waals surface area contributed by atoms with Crippen LogP contribution in [0.2, 0.25) is 0 Å². The summed E-state index contributed by atoms with van der Waals surface area (Å²) in [6.07, 6.45) is -3.27. The smallest absolute Gasteiger partial charge is 0.375 e. The summed E-state index contributed by atoms with van der Waals surface area (Å²) in [7, 11) is 0. The molecule has 0 aromatic heterocycles. The Morgan fingerprint density at radius 3 is 2.37 bits per heavy atom. The van der Waals surface area contributed by atoms with Crippen molar-refractivity contribution in [1.29, 1.82) is 0 Å². The molecule has 2 unspecified atom stereocenters. The van der Waals surface area contributed by atoms with E-state index in [4.69, 9.17) is 5.73 Å². The fourth-order valence-electron chi connectivity index (χ4n) is 2.14. The molecular weight excluding hydrogens is 255 g/mol. The van der Waals surface area contributed by atoms with E-state index >= 15 is 0 Å². The standard InChI is InChI=1S/C14H20F3NO/c1-3-6-10-7-5-8-11(9-10)13(19,12(18)4-2)14(15,16)17/h5,7-9,12,19H,3-4,6,18H2,1-2H3. The first-order valence-corrected chi connectivity index (χ1v) is 6.41. The topological polar surface area (TPSA) is 46.2 Å². The lowest BCUT2D eigenvalue weighted by Crippen LogP contribution is -2.55. The Morgan fingerprint density at radius 1 is 1.26 bits per heavy atom. The molecule has 2 nitrogen and oxygen atoms in total. The molecule has 108 valence electrons. The molecule has 0 fully saturated rings. The minimum Gasteiger partial charge on any atom is -0.375 e. The van der Waals surface area contributed by atoms with E-state index in [9.17, 15) is 18.3 Å². The summed E-state index contributed by atoms with van der Waals surface area (Å²) >= 11 is 0. The molecular formula is C14H20F3NO. The highest BCUT2D eigenvalue weighted by Gasteiger charge is 2.58. The number of aryl methyl sites for hydroxylation is 1. The monoisotopic (exact) mass is 275 g/mol. The summed E-state index contributed by atoms with van der Waals surface area (Å²) in [5.74, 6) is 0. The van der Waals surface area contributed by atoms with Crippen molar-refractivity contribution in [3.05, 3.63) is 35.4 Å². The quantitative estimate of drug-likeness (QED) is 0.867. The average Bonchev–Trinajstić information content (AvgIpc) is 2.36. The number of rotatable bonds is 5. The molecule has 1 rings (SSSR count). The van der Waals surface area contributed by atoms with Crippen molar-refractivity contribution in [2.45, 2.75) is 50.9 Å². The van der Waals surface area contributed by atoms with Gasteiger partial charge in [-0.2, -0.15) is 13.2 Å². The van der Waals surface area contributed by atoms with Crippen molar-refractivity contribution in [2.24, 2.45) is 5.73 Å². The fourth-order valence-corrected chi connectivity index (χ4v) is 2.14. The summed E-state index contributed by atoms with van der Waals surface area (Å²) in [6.45, 7) is 3.47. The molecule has 0 bridgehead atoms. The molecule has 0 spiro atoms. The van der Waals surface area contributed by atoms with Crippen LogP contribution in [0.15, 0.2) is 24.3 Å². The van der Waals surface area contributed by atoms with Gasteiger partial charge in [0.2, 0.25) is 5.60 Å². The van der Waals surface area contributed by atoms with Crippen LogP contribution in [-0.4, -0.2) is 17.3 Å². The minimum absolute atomic E-state index is 0.0357. The number of nitrogens with two attached hydrogens (primary N) is 1. The third kappa shape index (κ3) is 3.09. The molecule has 3 N–H and O–H groups in total. The highest BCUT2D eigenvalue weighted by atomic mass is 19.4. The summed E-state index contributed by atoms with van der Waals surface area (Å²) in [5, 5.41) is 10.1. The third-order valence-electron chi connectivity index (χ3n) is 3.31. The molecule has 0 heterocycles. The van der Waals surface area contributed by atoms with E-state index in [1.54, 1.807) is 6.07 Å². The Labute approximate surface area is 111 Å². The normalized spacial score (nSPS) is 17.0. The maximum absolute atomic E-state index is 13.2. The van der Waals surface area contributed by atoms with Crippen LogP contribution in [0.25, 0.3) is 0 Å². The van der Waals surface area contributed by atoms with Crippen molar-refractivity contribution < 1.29 is 18.3 Å². The van der Waals surface area contributed by atoms with Gasteiger partial charge in [0.1, 0.15) is 0 Å².